The number of carbonyl (C=O) groups excluding carboxylic acids is 2. The van der Waals surface area contributed by atoms with Gasteiger partial charge in [-0.1, -0.05) is 41.1 Å². The Balaban J connectivity index is 2.20. The number of nitrogens with zero attached hydrogens (tertiary/aromatic N) is 2. The van der Waals surface area contributed by atoms with E-state index in [0.717, 1.165) is 27.6 Å². The first-order valence-electron chi connectivity index (χ1n) is 12.2. The van der Waals surface area contributed by atoms with Gasteiger partial charge >= 0.3 is 0 Å². The van der Waals surface area contributed by atoms with Crippen LogP contribution in [-0.4, -0.2) is 50.0 Å². The highest BCUT2D eigenvalue weighted by Gasteiger charge is 2.27. The molecule has 36 heavy (non-hydrogen) atoms. The van der Waals surface area contributed by atoms with Gasteiger partial charge in [-0.15, -0.1) is 0 Å². The minimum atomic E-state index is -3.53. The van der Waals surface area contributed by atoms with Gasteiger partial charge in [-0.2, -0.15) is 0 Å². The monoisotopic (exact) mass is 579 g/mol. The predicted octanol–water partition coefficient (Wildman–Crippen LogP) is 4.94. The van der Waals surface area contributed by atoms with Gasteiger partial charge in [-0.05, 0) is 81.5 Å². The molecule has 0 saturated carbocycles. The van der Waals surface area contributed by atoms with Gasteiger partial charge in [-0.25, -0.2) is 8.42 Å². The third-order valence-electron chi connectivity index (χ3n) is 6.06. The summed E-state index contributed by atoms with van der Waals surface area (Å²) in [5, 5.41) is 2.96. The van der Waals surface area contributed by atoms with Crippen LogP contribution in [0.5, 0.6) is 0 Å². The maximum absolute atomic E-state index is 13.4. The zero-order valence-electron chi connectivity index (χ0n) is 22.0. The molecule has 0 aliphatic carbocycles. The van der Waals surface area contributed by atoms with Gasteiger partial charge in [-0.3, -0.25) is 13.9 Å². The Morgan fingerprint density at radius 3 is 2.25 bits per heavy atom. The Bertz CT molecular complexity index is 1150. The van der Waals surface area contributed by atoms with E-state index in [2.05, 4.69) is 21.2 Å². The van der Waals surface area contributed by atoms with Gasteiger partial charge in [0.25, 0.3) is 0 Å². The largest absolute Gasteiger partial charge is 0.352 e. The highest BCUT2D eigenvalue weighted by Crippen LogP contribution is 2.22. The second-order valence-electron chi connectivity index (χ2n) is 9.43. The molecule has 0 saturated heterocycles. The third kappa shape index (κ3) is 8.92. The van der Waals surface area contributed by atoms with Crippen LogP contribution >= 0.6 is 15.9 Å². The maximum atomic E-state index is 13.4. The number of nitrogens with one attached hydrogen (secondary N) is 1. The van der Waals surface area contributed by atoms with Crippen molar-refractivity contribution in [2.24, 2.45) is 0 Å². The van der Waals surface area contributed by atoms with Gasteiger partial charge in [0, 0.05) is 30.0 Å². The summed E-state index contributed by atoms with van der Waals surface area (Å²) in [6.07, 6.45) is 2.41. The van der Waals surface area contributed by atoms with Crippen molar-refractivity contribution in [2.75, 3.05) is 17.1 Å². The van der Waals surface area contributed by atoms with Crippen LogP contribution in [-0.2, 0) is 26.2 Å². The average Bonchev–Trinajstić information content (AvgIpc) is 2.78. The first-order valence-corrected chi connectivity index (χ1v) is 14.9. The van der Waals surface area contributed by atoms with Gasteiger partial charge in [0.1, 0.15) is 6.04 Å². The number of carbonyl (C=O) groups is 2. The molecule has 2 aromatic rings. The van der Waals surface area contributed by atoms with Gasteiger partial charge in [0.15, 0.2) is 0 Å². The summed E-state index contributed by atoms with van der Waals surface area (Å²) in [7, 11) is -3.53. The fourth-order valence-corrected chi connectivity index (χ4v) is 5.37. The van der Waals surface area contributed by atoms with E-state index in [9.17, 15) is 18.0 Å². The first kappa shape index (κ1) is 29.8. The summed E-state index contributed by atoms with van der Waals surface area (Å²) < 4.78 is 27.3. The molecule has 0 radical (unpaired) electrons. The number of benzene rings is 2. The highest BCUT2D eigenvalue weighted by atomic mass is 79.9. The molecule has 7 nitrogen and oxygen atoms in total. The van der Waals surface area contributed by atoms with E-state index in [1.807, 2.05) is 70.2 Å². The van der Waals surface area contributed by atoms with Crippen molar-refractivity contribution < 1.29 is 18.0 Å². The molecule has 0 fully saturated rings. The van der Waals surface area contributed by atoms with E-state index in [1.54, 1.807) is 11.8 Å². The topological polar surface area (TPSA) is 86.8 Å². The normalized spacial score (nSPS) is 13.1. The maximum Gasteiger partial charge on any atom is 0.242 e. The van der Waals surface area contributed by atoms with Crippen molar-refractivity contribution in [3.63, 3.8) is 0 Å². The molecule has 0 heterocycles. The van der Waals surface area contributed by atoms with Crippen LogP contribution in [0.3, 0.4) is 0 Å². The lowest BCUT2D eigenvalue weighted by molar-refractivity contribution is -0.140. The number of anilines is 1. The zero-order valence-corrected chi connectivity index (χ0v) is 24.4. The molecule has 0 aromatic heterocycles. The van der Waals surface area contributed by atoms with Crippen LogP contribution in [0.15, 0.2) is 46.9 Å². The van der Waals surface area contributed by atoms with Gasteiger partial charge < -0.3 is 10.2 Å². The van der Waals surface area contributed by atoms with Crippen molar-refractivity contribution >= 4 is 43.5 Å². The van der Waals surface area contributed by atoms with Crippen molar-refractivity contribution in [1.29, 1.82) is 0 Å². The van der Waals surface area contributed by atoms with Crippen molar-refractivity contribution in [2.45, 2.75) is 72.5 Å². The highest BCUT2D eigenvalue weighted by molar-refractivity contribution is 9.10. The van der Waals surface area contributed by atoms with Crippen LogP contribution in [0.2, 0.25) is 0 Å². The summed E-state index contributed by atoms with van der Waals surface area (Å²) in [5.41, 5.74) is 3.43. The minimum absolute atomic E-state index is 0.00359. The standard InChI is InChI=1S/C27H38BrN3O4S/c1-7-21(4)29-27(33)22(5)30(18-23-10-8-11-24(28)17-23)26(32)12-9-13-31(36(6,34)35)25-15-19(2)14-20(3)16-25/h8,10-11,14-17,21-22H,7,9,12-13,18H2,1-6H3,(H,29,33)/t21-,22+/m0/s1. The van der Waals surface area contributed by atoms with E-state index in [-0.39, 0.29) is 37.4 Å². The van der Waals surface area contributed by atoms with Crippen LogP contribution in [0.4, 0.5) is 5.69 Å². The molecular weight excluding hydrogens is 542 g/mol. The third-order valence-corrected chi connectivity index (χ3v) is 7.74. The number of rotatable bonds is 12. The second kappa shape index (κ2) is 13.2. The molecule has 0 unspecified atom stereocenters. The molecule has 0 aliphatic heterocycles. The number of halogens is 1. The van der Waals surface area contributed by atoms with Crippen LogP contribution in [0, 0.1) is 13.8 Å². The van der Waals surface area contributed by atoms with E-state index >= 15 is 0 Å². The minimum Gasteiger partial charge on any atom is -0.352 e. The lowest BCUT2D eigenvalue weighted by Crippen LogP contribution is -2.49. The molecule has 9 heteroatoms. The molecule has 2 aromatic carbocycles. The van der Waals surface area contributed by atoms with E-state index < -0.39 is 16.1 Å². The zero-order chi connectivity index (χ0) is 27.0. The number of sulfonamides is 1. The first-order chi connectivity index (χ1) is 16.8. The van der Waals surface area contributed by atoms with Crippen LogP contribution in [0.25, 0.3) is 0 Å². The quantitative estimate of drug-likeness (QED) is 0.385. The fraction of sp³-hybridized carbons (Fsp3) is 0.481. The Kier molecular flexibility index (Phi) is 11.0. The number of amides is 2. The second-order valence-corrected chi connectivity index (χ2v) is 12.3. The predicted molar refractivity (Wildman–Crippen MR) is 149 cm³/mol. The van der Waals surface area contributed by atoms with Crippen LogP contribution < -0.4 is 9.62 Å². The number of aryl methyl sites for hydroxylation is 2. The molecule has 1 N–H and O–H groups in total. The summed E-state index contributed by atoms with van der Waals surface area (Å²) in [6, 6.07) is 12.6. The summed E-state index contributed by atoms with van der Waals surface area (Å²) in [4.78, 5) is 27.8. The Labute approximate surface area is 224 Å². The Hall–Kier alpha value is -2.39. The van der Waals surface area contributed by atoms with E-state index in [1.165, 1.54) is 10.6 Å². The molecule has 2 atom stereocenters. The molecule has 2 rings (SSSR count). The molecule has 0 bridgehead atoms. The smallest absolute Gasteiger partial charge is 0.242 e. The van der Waals surface area contributed by atoms with Crippen molar-refractivity contribution in [3.05, 3.63) is 63.6 Å². The molecular formula is C27H38BrN3O4S. The van der Waals surface area contributed by atoms with Crippen molar-refractivity contribution in [3.8, 4) is 0 Å². The fourth-order valence-electron chi connectivity index (χ4n) is 3.98. The molecule has 0 aliphatic rings. The van der Waals surface area contributed by atoms with Crippen molar-refractivity contribution in [1.82, 2.24) is 10.2 Å². The van der Waals surface area contributed by atoms with E-state index in [4.69, 9.17) is 0 Å². The van der Waals surface area contributed by atoms with Gasteiger partial charge in [0.05, 0.1) is 11.9 Å². The van der Waals surface area contributed by atoms with E-state index in [0.29, 0.717) is 12.1 Å². The summed E-state index contributed by atoms with van der Waals surface area (Å²) >= 11 is 3.46. The number of hydrogen-bond donors (Lipinski definition) is 1. The Morgan fingerprint density at radius 2 is 1.69 bits per heavy atom. The molecule has 0 spiro atoms. The SMILES string of the molecule is CC[C@H](C)NC(=O)[C@@H](C)N(Cc1cccc(Br)c1)C(=O)CCCN(c1cc(C)cc(C)c1)S(C)(=O)=O. The summed E-state index contributed by atoms with van der Waals surface area (Å²) in [5.74, 6) is -0.406. The van der Waals surface area contributed by atoms with Crippen LogP contribution in [0.1, 0.15) is 56.7 Å². The lowest BCUT2D eigenvalue weighted by Gasteiger charge is -2.30. The Morgan fingerprint density at radius 1 is 1.06 bits per heavy atom. The molecule has 2 amide bonds. The summed E-state index contributed by atoms with van der Waals surface area (Å²) in [6.45, 7) is 9.94. The number of hydrogen-bond acceptors (Lipinski definition) is 4. The lowest BCUT2D eigenvalue weighted by atomic mass is 10.1. The van der Waals surface area contributed by atoms with Gasteiger partial charge in [0.2, 0.25) is 21.8 Å². The molecule has 198 valence electrons. The average molecular weight is 581 g/mol.